The number of benzene rings is 2. The van der Waals surface area contributed by atoms with Gasteiger partial charge < -0.3 is 14.8 Å². The van der Waals surface area contributed by atoms with Crippen molar-refractivity contribution in [3.63, 3.8) is 0 Å². The predicted molar refractivity (Wildman–Crippen MR) is 106 cm³/mol. The Bertz CT molecular complexity index is 1090. The summed E-state index contributed by atoms with van der Waals surface area (Å²) in [7, 11) is 0. The zero-order valence-corrected chi connectivity index (χ0v) is 15.8. The highest BCUT2D eigenvalue weighted by Crippen LogP contribution is 2.35. The molecule has 0 aliphatic heterocycles. The third kappa shape index (κ3) is 3.99. The lowest BCUT2D eigenvalue weighted by Crippen LogP contribution is -2.19. The van der Waals surface area contributed by atoms with Crippen LogP contribution in [0.2, 0.25) is 5.02 Å². The van der Waals surface area contributed by atoms with Gasteiger partial charge in [0.2, 0.25) is 5.91 Å². The van der Waals surface area contributed by atoms with Crippen LogP contribution in [0.3, 0.4) is 0 Å². The SMILES string of the molecule is Cc1cc(NC(=O)[C@H](Sc2nc3ccc(Cl)cc3[nH]2)c2ccccc2)no1. The number of aromatic nitrogens is 3. The summed E-state index contributed by atoms with van der Waals surface area (Å²) < 4.78 is 5.02. The molecule has 0 radical (unpaired) electrons. The van der Waals surface area contributed by atoms with E-state index in [1.165, 1.54) is 11.8 Å². The Morgan fingerprint density at radius 3 is 2.78 bits per heavy atom. The molecular weight excluding hydrogens is 384 g/mol. The standard InChI is InChI=1S/C19H15ClN4O2S/c1-11-9-16(24-26-11)23-18(25)17(12-5-3-2-4-6-12)27-19-21-14-8-7-13(20)10-15(14)22-19/h2-10,17H,1H3,(H,21,22)(H,23,24,25)/t17-/m1/s1. The number of amides is 1. The first-order valence-corrected chi connectivity index (χ1v) is 9.45. The van der Waals surface area contributed by atoms with Crippen LogP contribution in [0.25, 0.3) is 11.0 Å². The van der Waals surface area contributed by atoms with E-state index < -0.39 is 5.25 Å². The van der Waals surface area contributed by atoms with E-state index in [4.69, 9.17) is 16.1 Å². The fourth-order valence-electron chi connectivity index (χ4n) is 2.64. The van der Waals surface area contributed by atoms with E-state index in [1.54, 1.807) is 19.1 Å². The van der Waals surface area contributed by atoms with Gasteiger partial charge in [-0.3, -0.25) is 4.79 Å². The van der Waals surface area contributed by atoms with Crippen molar-refractivity contribution in [3.8, 4) is 0 Å². The zero-order valence-electron chi connectivity index (χ0n) is 14.3. The molecule has 8 heteroatoms. The lowest BCUT2D eigenvalue weighted by atomic mass is 10.1. The highest BCUT2D eigenvalue weighted by Gasteiger charge is 2.24. The molecule has 0 unspecified atom stereocenters. The van der Waals surface area contributed by atoms with Crippen LogP contribution in [0, 0.1) is 6.92 Å². The topological polar surface area (TPSA) is 83.8 Å². The lowest BCUT2D eigenvalue weighted by molar-refractivity contribution is -0.115. The summed E-state index contributed by atoms with van der Waals surface area (Å²) in [6.07, 6.45) is 0. The number of H-pyrrole nitrogens is 1. The number of hydrogen-bond acceptors (Lipinski definition) is 5. The van der Waals surface area contributed by atoms with Crippen molar-refractivity contribution >= 4 is 46.1 Å². The Balaban J connectivity index is 1.63. The molecule has 2 aromatic heterocycles. The molecule has 0 aliphatic rings. The number of nitrogens with one attached hydrogen (secondary N) is 2. The molecule has 4 rings (SSSR count). The van der Waals surface area contributed by atoms with Crippen molar-refractivity contribution in [2.45, 2.75) is 17.3 Å². The van der Waals surface area contributed by atoms with Crippen LogP contribution < -0.4 is 5.32 Å². The average Bonchev–Trinajstić information content (AvgIpc) is 3.25. The Morgan fingerprint density at radius 2 is 2.04 bits per heavy atom. The van der Waals surface area contributed by atoms with Crippen molar-refractivity contribution in [1.82, 2.24) is 15.1 Å². The minimum Gasteiger partial charge on any atom is -0.360 e. The van der Waals surface area contributed by atoms with Gasteiger partial charge >= 0.3 is 0 Å². The van der Waals surface area contributed by atoms with Crippen LogP contribution in [0.15, 0.2) is 64.3 Å². The van der Waals surface area contributed by atoms with Crippen molar-refractivity contribution in [2.75, 3.05) is 5.32 Å². The third-order valence-corrected chi connectivity index (χ3v) is 5.25. The van der Waals surface area contributed by atoms with Crippen molar-refractivity contribution in [3.05, 3.63) is 70.9 Å². The second-order valence-corrected chi connectivity index (χ2v) is 7.45. The highest BCUT2D eigenvalue weighted by atomic mass is 35.5. The number of rotatable bonds is 5. The van der Waals surface area contributed by atoms with E-state index >= 15 is 0 Å². The van der Waals surface area contributed by atoms with Gasteiger partial charge in [-0.25, -0.2) is 4.98 Å². The molecule has 136 valence electrons. The lowest BCUT2D eigenvalue weighted by Gasteiger charge is -2.14. The molecule has 27 heavy (non-hydrogen) atoms. The Hall–Kier alpha value is -2.77. The molecule has 0 saturated carbocycles. The summed E-state index contributed by atoms with van der Waals surface area (Å²) in [4.78, 5) is 20.7. The van der Waals surface area contributed by atoms with Gasteiger partial charge in [-0.2, -0.15) is 0 Å². The molecule has 0 bridgehead atoms. The molecule has 0 aliphatic carbocycles. The maximum Gasteiger partial charge on any atom is 0.243 e. The minimum absolute atomic E-state index is 0.210. The zero-order chi connectivity index (χ0) is 18.8. The Labute approximate surface area is 164 Å². The number of aryl methyl sites for hydroxylation is 1. The predicted octanol–water partition coefficient (Wildman–Crippen LogP) is 4.98. The number of thioether (sulfide) groups is 1. The summed E-state index contributed by atoms with van der Waals surface area (Å²) in [6.45, 7) is 1.77. The van der Waals surface area contributed by atoms with Gasteiger partial charge in [0.1, 0.15) is 11.0 Å². The molecule has 1 amide bonds. The quantitative estimate of drug-likeness (QED) is 0.463. The van der Waals surface area contributed by atoms with Crippen molar-refractivity contribution in [2.24, 2.45) is 0 Å². The number of anilines is 1. The molecule has 6 nitrogen and oxygen atoms in total. The van der Waals surface area contributed by atoms with E-state index in [2.05, 4.69) is 20.4 Å². The number of nitrogens with zero attached hydrogens (tertiary/aromatic N) is 2. The van der Waals surface area contributed by atoms with E-state index in [1.807, 2.05) is 42.5 Å². The van der Waals surface area contributed by atoms with E-state index in [-0.39, 0.29) is 5.91 Å². The van der Waals surface area contributed by atoms with Gasteiger partial charge in [-0.05, 0) is 30.7 Å². The first-order chi connectivity index (χ1) is 13.1. The number of carbonyl (C=O) groups excluding carboxylic acids is 1. The monoisotopic (exact) mass is 398 g/mol. The van der Waals surface area contributed by atoms with E-state index in [9.17, 15) is 4.79 Å². The fraction of sp³-hybridized carbons (Fsp3) is 0.105. The number of aromatic amines is 1. The van der Waals surface area contributed by atoms with Crippen LogP contribution in [-0.4, -0.2) is 21.0 Å². The number of imidazole rings is 1. The Kier molecular flexibility index (Phi) is 4.87. The third-order valence-electron chi connectivity index (χ3n) is 3.87. The summed E-state index contributed by atoms with van der Waals surface area (Å²) in [6, 6.07) is 16.6. The Morgan fingerprint density at radius 1 is 1.22 bits per heavy atom. The highest BCUT2D eigenvalue weighted by molar-refractivity contribution is 8.00. The normalized spacial score (nSPS) is 12.2. The van der Waals surface area contributed by atoms with Gasteiger partial charge in [0.25, 0.3) is 0 Å². The number of fused-ring (bicyclic) bond motifs is 1. The largest absolute Gasteiger partial charge is 0.360 e. The maximum atomic E-state index is 12.9. The first-order valence-electron chi connectivity index (χ1n) is 8.19. The molecule has 2 heterocycles. The molecule has 2 N–H and O–H groups in total. The van der Waals surface area contributed by atoms with Gasteiger partial charge in [0.05, 0.1) is 11.0 Å². The molecule has 0 fully saturated rings. The molecule has 0 saturated heterocycles. The van der Waals surface area contributed by atoms with E-state index in [0.29, 0.717) is 21.8 Å². The number of carbonyl (C=O) groups is 1. The van der Waals surface area contributed by atoms with Crippen LogP contribution in [0.1, 0.15) is 16.6 Å². The molecular formula is C19H15ClN4O2S. The summed E-state index contributed by atoms with van der Waals surface area (Å²) in [5.41, 5.74) is 2.48. The van der Waals surface area contributed by atoms with Crippen LogP contribution in [0.5, 0.6) is 0 Å². The maximum absolute atomic E-state index is 12.9. The minimum atomic E-state index is -0.515. The molecule has 0 spiro atoms. The van der Waals surface area contributed by atoms with Crippen molar-refractivity contribution < 1.29 is 9.32 Å². The van der Waals surface area contributed by atoms with Crippen molar-refractivity contribution in [1.29, 1.82) is 0 Å². The molecule has 2 aromatic carbocycles. The average molecular weight is 399 g/mol. The summed E-state index contributed by atoms with van der Waals surface area (Å²) >= 11 is 7.37. The first kappa shape index (κ1) is 17.6. The van der Waals surface area contributed by atoms with Crippen LogP contribution in [0.4, 0.5) is 5.82 Å². The van der Waals surface area contributed by atoms with Gasteiger partial charge in [-0.1, -0.05) is 58.9 Å². The number of halogens is 1. The van der Waals surface area contributed by atoms with Gasteiger partial charge in [0, 0.05) is 11.1 Å². The molecule has 1 atom stereocenters. The summed E-state index contributed by atoms with van der Waals surface area (Å²) in [5, 5.41) is 7.37. The van der Waals surface area contributed by atoms with Gasteiger partial charge in [-0.15, -0.1) is 0 Å². The smallest absolute Gasteiger partial charge is 0.243 e. The van der Waals surface area contributed by atoms with Gasteiger partial charge in [0.15, 0.2) is 11.0 Å². The second kappa shape index (κ2) is 7.46. The number of hydrogen-bond donors (Lipinski definition) is 2. The van der Waals surface area contributed by atoms with Crippen LogP contribution in [-0.2, 0) is 4.79 Å². The fourth-order valence-corrected chi connectivity index (χ4v) is 3.82. The van der Waals surface area contributed by atoms with Crippen LogP contribution >= 0.6 is 23.4 Å². The molecule has 4 aromatic rings. The summed E-state index contributed by atoms with van der Waals surface area (Å²) in [5.74, 6) is 0.803. The second-order valence-electron chi connectivity index (χ2n) is 5.92. The van der Waals surface area contributed by atoms with E-state index in [0.717, 1.165) is 16.6 Å².